The van der Waals surface area contributed by atoms with E-state index in [2.05, 4.69) is 25.2 Å². The maximum Gasteiger partial charge on any atom is 0.161 e. The maximum absolute atomic E-state index is 5.59. The van der Waals surface area contributed by atoms with Crippen molar-refractivity contribution < 1.29 is 14.2 Å². The smallest absolute Gasteiger partial charge is 0.161 e. The Morgan fingerprint density at radius 3 is 2.67 bits per heavy atom. The van der Waals surface area contributed by atoms with Gasteiger partial charge in [-0.05, 0) is 31.5 Å². The summed E-state index contributed by atoms with van der Waals surface area (Å²) in [6.07, 6.45) is 0. The molecule has 0 saturated heterocycles. The van der Waals surface area contributed by atoms with Gasteiger partial charge in [0.15, 0.2) is 11.5 Å². The molecular formula is C14H21NO3. The van der Waals surface area contributed by atoms with Gasteiger partial charge in [0.1, 0.15) is 13.2 Å². The molecule has 4 nitrogen and oxygen atoms in total. The molecule has 0 spiro atoms. The van der Waals surface area contributed by atoms with E-state index in [0.29, 0.717) is 25.9 Å². The highest BCUT2D eigenvalue weighted by Gasteiger charge is 2.15. The first-order valence-corrected chi connectivity index (χ1v) is 6.35. The van der Waals surface area contributed by atoms with Crippen molar-refractivity contribution in [1.29, 1.82) is 0 Å². The van der Waals surface area contributed by atoms with E-state index < -0.39 is 0 Å². The van der Waals surface area contributed by atoms with E-state index in [1.165, 1.54) is 5.56 Å². The zero-order valence-corrected chi connectivity index (χ0v) is 11.2. The second kappa shape index (κ2) is 6.07. The van der Waals surface area contributed by atoms with Crippen LogP contribution in [0, 0.1) is 0 Å². The van der Waals surface area contributed by atoms with Gasteiger partial charge in [-0.25, -0.2) is 0 Å². The lowest BCUT2D eigenvalue weighted by molar-refractivity contribution is 0.166. The molecule has 1 N–H and O–H groups in total. The highest BCUT2D eigenvalue weighted by atomic mass is 16.6. The van der Waals surface area contributed by atoms with E-state index >= 15 is 0 Å². The Kier molecular flexibility index (Phi) is 4.44. The molecule has 2 unspecified atom stereocenters. The number of rotatable bonds is 5. The number of fused-ring (bicyclic) bond motifs is 1. The zero-order valence-electron chi connectivity index (χ0n) is 11.2. The summed E-state index contributed by atoms with van der Waals surface area (Å²) in [5, 5.41) is 3.48. The molecule has 100 valence electrons. The minimum atomic E-state index is 0.256. The Morgan fingerprint density at radius 2 is 1.94 bits per heavy atom. The van der Waals surface area contributed by atoms with Crippen molar-refractivity contribution in [3.63, 3.8) is 0 Å². The summed E-state index contributed by atoms with van der Waals surface area (Å²) in [7, 11) is 1.72. The number of methoxy groups -OCH3 is 1. The van der Waals surface area contributed by atoms with Crippen LogP contribution in [0.25, 0.3) is 0 Å². The first kappa shape index (κ1) is 13.2. The van der Waals surface area contributed by atoms with Crippen molar-refractivity contribution in [3.05, 3.63) is 23.8 Å². The van der Waals surface area contributed by atoms with Crippen LogP contribution >= 0.6 is 0 Å². The molecule has 0 aliphatic carbocycles. The van der Waals surface area contributed by atoms with Crippen LogP contribution in [0.5, 0.6) is 11.5 Å². The van der Waals surface area contributed by atoms with Gasteiger partial charge >= 0.3 is 0 Å². The summed E-state index contributed by atoms with van der Waals surface area (Å²) in [5.41, 5.74) is 1.20. The molecule has 1 aliphatic rings. The van der Waals surface area contributed by atoms with Crippen molar-refractivity contribution in [3.8, 4) is 11.5 Å². The molecular weight excluding hydrogens is 230 g/mol. The van der Waals surface area contributed by atoms with Crippen molar-refractivity contribution in [2.24, 2.45) is 0 Å². The van der Waals surface area contributed by atoms with Crippen LogP contribution in [0.15, 0.2) is 18.2 Å². The Hall–Kier alpha value is -1.26. The summed E-state index contributed by atoms with van der Waals surface area (Å²) < 4.78 is 16.2. The summed E-state index contributed by atoms with van der Waals surface area (Å²) in [6, 6.07) is 6.67. The molecule has 0 saturated carbocycles. The fourth-order valence-electron chi connectivity index (χ4n) is 2.15. The molecule has 18 heavy (non-hydrogen) atoms. The van der Waals surface area contributed by atoms with E-state index in [0.717, 1.165) is 11.5 Å². The molecule has 2 rings (SSSR count). The van der Waals surface area contributed by atoms with Gasteiger partial charge in [-0.3, -0.25) is 0 Å². The topological polar surface area (TPSA) is 39.7 Å². The van der Waals surface area contributed by atoms with Gasteiger partial charge in [0.25, 0.3) is 0 Å². The van der Waals surface area contributed by atoms with Gasteiger partial charge in [-0.2, -0.15) is 0 Å². The lowest BCUT2D eigenvalue weighted by atomic mass is 10.1. The van der Waals surface area contributed by atoms with Crippen molar-refractivity contribution in [1.82, 2.24) is 5.32 Å². The minimum absolute atomic E-state index is 0.256. The molecule has 1 aromatic rings. The first-order chi connectivity index (χ1) is 8.70. The zero-order chi connectivity index (χ0) is 13.0. The van der Waals surface area contributed by atoms with Crippen LogP contribution in [-0.4, -0.2) is 33.0 Å². The van der Waals surface area contributed by atoms with Gasteiger partial charge in [0.2, 0.25) is 0 Å². The fraction of sp³-hybridized carbons (Fsp3) is 0.571. The van der Waals surface area contributed by atoms with Crippen LogP contribution in [0.3, 0.4) is 0 Å². The van der Waals surface area contributed by atoms with Gasteiger partial charge in [-0.1, -0.05) is 6.07 Å². The summed E-state index contributed by atoms with van der Waals surface area (Å²) in [5.74, 6) is 1.67. The third-order valence-electron chi connectivity index (χ3n) is 3.02. The van der Waals surface area contributed by atoms with Crippen LogP contribution < -0.4 is 14.8 Å². The average molecular weight is 251 g/mol. The first-order valence-electron chi connectivity index (χ1n) is 6.35. The number of hydrogen-bond acceptors (Lipinski definition) is 4. The number of benzene rings is 1. The largest absolute Gasteiger partial charge is 0.486 e. The summed E-state index contributed by atoms with van der Waals surface area (Å²) >= 11 is 0. The molecule has 1 aliphatic heterocycles. The maximum atomic E-state index is 5.59. The van der Waals surface area contributed by atoms with E-state index in [-0.39, 0.29) is 6.04 Å². The van der Waals surface area contributed by atoms with E-state index in [1.54, 1.807) is 7.11 Å². The average Bonchev–Trinajstić information content (AvgIpc) is 2.38. The molecule has 1 aromatic carbocycles. The molecule has 4 heteroatoms. The number of nitrogens with one attached hydrogen (secondary N) is 1. The van der Waals surface area contributed by atoms with Gasteiger partial charge in [0.05, 0.1) is 6.61 Å². The van der Waals surface area contributed by atoms with Gasteiger partial charge < -0.3 is 19.5 Å². The predicted molar refractivity (Wildman–Crippen MR) is 70.3 cm³/mol. The predicted octanol–water partition coefficient (Wildman–Crippen LogP) is 2.14. The second-order valence-electron chi connectivity index (χ2n) is 4.65. The summed E-state index contributed by atoms with van der Waals surface area (Å²) in [4.78, 5) is 0. The minimum Gasteiger partial charge on any atom is -0.486 e. The van der Waals surface area contributed by atoms with Gasteiger partial charge in [-0.15, -0.1) is 0 Å². The fourth-order valence-corrected chi connectivity index (χ4v) is 2.15. The monoisotopic (exact) mass is 251 g/mol. The SMILES string of the molecule is COCC(C)NC(C)c1ccc2c(c1)OCCO2. The van der Waals surface area contributed by atoms with Crippen LogP contribution in [0.4, 0.5) is 0 Å². The Balaban J connectivity index is 2.04. The molecule has 0 radical (unpaired) electrons. The molecule has 2 atom stereocenters. The molecule has 0 bridgehead atoms. The molecule has 1 heterocycles. The quantitative estimate of drug-likeness (QED) is 0.870. The van der Waals surface area contributed by atoms with Crippen molar-refractivity contribution in [2.75, 3.05) is 26.9 Å². The molecule has 0 fully saturated rings. The van der Waals surface area contributed by atoms with E-state index in [4.69, 9.17) is 14.2 Å². The van der Waals surface area contributed by atoms with Crippen molar-refractivity contribution in [2.45, 2.75) is 25.9 Å². The van der Waals surface area contributed by atoms with Crippen molar-refractivity contribution >= 4 is 0 Å². The lowest BCUT2D eigenvalue weighted by Gasteiger charge is -2.23. The van der Waals surface area contributed by atoms with Gasteiger partial charge in [0, 0.05) is 19.2 Å². The standard InChI is InChI=1S/C14H21NO3/c1-10(9-16-3)15-11(2)12-4-5-13-14(8-12)18-7-6-17-13/h4-5,8,10-11,15H,6-7,9H2,1-3H3. The molecule has 0 aromatic heterocycles. The summed E-state index contributed by atoms with van der Waals surface area (Å²) in [6.45, 7) is 6.20. The Labute approximate surface area is 108 Å². The highest BCUT2D eigenvalue weighted by Crippen LogP contribution is 2.32. The third-order valence-corrected chi connectivity index (χ3v) is 3.02. The van der Waals surface area contributed by atoms with Crippen LogP contribution in [-0.2, 0) is 4.74 Å². The normalized spacial score (nSPS) is 17.3. The third kappa shape index (κ3) is 3.15. The Morgan fingerprint density at radius 1 is 1.22 bits per heavy atom. The van der Waals surface area contributed by atoms with E-state index in [9.17, 15) is 0 Å². The lowest BCUT2D eigenvalue weighted by Crippen LogP contribution is -2.32. The van der Waals surface area contributed by atoms with E-state index in [1.807, 2.05) is 12.1 Å². The molecule has 0 amide bonds. The number of hydrogen-bond donors (Lipinski definition) is 1. The number of ether oxygens (including phenoxy) is 3. The highest BCUT2D eigenvalue weighted by molar-refractivity contribution is 5.44. The second-order valence-corrected chi connectivity index (χ2v) is 4.65. The Bertz CT molecular complexity index is 395. The van der Waals surface area contributed by atoms with Crippen LogP contribution in [0.2, 0.25) is 0 Å². The van der Waals surface area contributed by atoms with Crippen LogP contribution in [0.1, 0.15) is 25.5 Å².